The van der Waals surface area contributed by atoms with E-state index in [1.165, 1.54) is 19.3 Å². The summed E-state index contributed by atoms with van der Waals surface area (Å²) < 4.78 is 2.11. The normalized spacial score (nSPS) is 27.2. The molecule has 1 aromatic rings. The van der Waals surface area contributed by atoms with Crippen LogP contribution in [0.5, 0.6) is 0 Å². The fraction of sp³-hybridized carbons (Fsp3) is 0.769. The molecule has 1 saturated carbocycles. The van der Waals surface area contributed by atoms with Gasteiger partial charge in [0.1, 0.15) is 5.82 Å². The molecule has 1 heterocycles. The lowest BCUT2D eigenvalue weighted by atomic mass is 9.90. The molecular formula is C13H22N2O. The van der Waals surface area contributed by atoms with E-state index in [0.29, 0.717) is 18.3 Å². The van der Waals surface area contributed by atoms with Gasteiger partial charge in [0.2, 0.25) is 0 Å². The molecule has 16 heavy (non-hydrogen) atoms. The molecule has 0 saturated heterocycles. The Kier molecular flexibility index (Phi) is 3.64. The summed E-state index contributed by atoms with van der Waals surface area (Å²) in [5.74, 6) is 2.16. The molecule has 0 radical (unpaired) electrons. The second-order valence-electron chi connectivity index (χ2n) is 4.97. The molecule has 3 heteroatoms. The van der Waals surface area contributed by atoms with Gasteiger partial charge in [0, 0.05) is 25.4 Å². The lowest BCUT2D eigenvalue weighted by molar-refractivity contribution is 0.0875. The maximum Gasteiger partial charge on any atom is 0.111 e. The summed E-state index contributed by atoms with van der Waals surface area (Å²) in [4.78, 5) is 4.33. The van der Waals surface area contributed by atoms with Crippen molar-refractivity contribution in [3.05, 3.63) is 18.2 Å². The number of aliphatic hydroxyl groups excluding tert-OH is 1. The number of hydrogen-bond acceptors (Lipinski definition) is 2. The first kappa shape index (κ1) is 11.6. The van der Waals surface area contributed by atoms with Gasteiger partial charge in [0.05, 0.1) is 6.10 Å². The Morgan fingerprint density at radius 1 is 1.56 bits per heavy atom. The monoisotopic (exact) mass is 222 g/mol. The average Bonchev–Trinajstić information content (AvgIpc) is 2.86. The number of imidazole rings is 1. The summed E-state index contributed by atoms with van der Waals surface area (Å²) in [5, 5.41) is 10.3. The van der Waals surface area contributed by atoms with E-state index in [-0.39, 0.29) is 6.10 Å². The van der Waals surface area contributed by atoms with Crippen molar-refractivity contribution in [2.75, 3.05) is 0 Å². The van der Waals surface area contributed by atoms with Crippen LogP contribution in [0.3, 0.4) is 0 Å². The Morgan fingerprint density at radius 2 is 2.38 bits per heavy atom. The smallest absolute Gasteiger partial charge is 0.111 e. The van der Waals surface area contributed by atoms with Crippen LogP contribution in [0.4, 0.5) is 0 Å². The van der Waals surface area contributed by atoms with Crippen molar-refractivity contribution in [2.45, 2.75) is 52.2 Å². The Bertz CT molecular complexity index is 334. The van der Waals surface area contributed by atoms with Gasteiger partial charge in [-0.15, -0.1) is 0 Å². The Balaban J connectivity index is 1.98. The van der Waals surface area contributed by atoms with Crippen molar-refractivity contribution >= 4 is 0 Å². The summed E-state index contributed by atoms with van der Waals surface area (Å²) in [7, 11) is 0. The van der Waals surface area contributed by atoms with Crippen LogP contribution in [-0.4, -0.2) is 20.8 Å². The molecule has 1 aromatic heterocycles. The molecule has 3 nitrogen and oxygen atoms in total. The van der Waals surface area contributed by atoms with Crippen molar-refractivity contribution in [1.82, 2.24) is 9.55 Å². The quantitative estimate of drug-likeness (QED) is 0.848. The van der Waals surface area contributed by atoms with Gasteiger partial charge in [-0.3, -0.25) is 0 Å². The molecule has 1 aliphatic rings. The first-order valence-electron chi connectivity index (χ1n) is 6.40. The SMILES string of the molecule is CCn1ccnc1CC(O)C1CCCC1C. The Labute approximate surface area is 97.5 Å². The van der Waals surface area contributed by atoms with E-state index in [1.54, 1.807) is 0 Å². The molecule has 1 fully saturated rings. The van der Waals surface area contributed by atoms with Gasteiger partial charge < -0.3 is 9.67 Å². The average molecular weight is 222 g/mol. The first-order chi connectivity index (χ1) is 7.72. The predicted molar refractivity (Wildman–Crippen MR) is 64.1 cm³/mol. The zero-order valence-electron chi connectivity index (χ0n) is 10.3. The van der Waals surface area contributed by atoms with Crippen LogP contribution in [0.2, 0.25) is 0 Å². The van der Waals surface area contributed by atoms with E-state index in [4.69, 9.17) is 0 Å². The van der Waals surface area contributed by atoms with E-state index >= 15 is 0 Å². The minimum Gasteiger partial charge on any atom is -0.392 e. The molecule has 0 aromatic carbocycles. The summed E-state index contributed by atoms with van der Waals surface area (Å²) >= 11 is 0. The van der Waals surface area contributed by atoms with Crippen LogP contribution in [0, 0.1) is 11.8 Å². The summed E-state index contributed by atoms with van der Waals surface area (Å²) in [5.41, 5.74) is 0. The number of rotatable bonds is 4. The van der Waals surface area contributed by atoms with Crippen molar-refractivity contribution in [1.29, 1.82) is 0 Å². The van der Waals surface area contributed by atoms with Gasteiger partial charge in [-0.25, -0.2) is 4.98 Å². The standard InChI is InChI=1S/C13H22N2O/c1-3-15-8-7-14-13(15)9-12(16)11-6-4-5-10(11)2/h7-8,10-12,16H,3-6,9H2,1-2H3. The highest BCUT2D eigenvalue weighted by atomic mass is 16.3. The molecule has 0 bridgehead atoms. The topological polar surface area (TPSA) is 38.0 Å². The summed E-state index contributed by atoms with van der Waals surface area (Å²) in [6, 6.07) is 0. The van der Waals surface area contributed by atoms with E-state index in [1.807, 2.05) is 12.4 Å². The highest BCUT2D eigenvalue weighted by Crippen LogP contribution is 2.34. The fourth-order valence-corrected chi connectivity index (χ4v) is 2.90. The van der Waals surface area contributed by atoms with Crippen LogP contribution in [0.25, 0.3) is 0 Å². The van der Waals surface area contributed by atoms with Crippen LogP contribution in [-0.2, 0) is 13.0 Å². The Hall–Kier alpha value is -0.830. The van der Waals surface area contributed by atoms with E-state index in [0.717, 1.165) is 12.4 Å². The lowest BCUT2D eigenvalue weighted by Crippen LogP contribution is -2.26. The van der Waals surface area contributed by atoms with Crippen molar-refractivity contribution in [3.63, 3.8) is 0 Å². The molecule has 0 aliphatic heterocycles. The number of nitrogens with zero attached hydrogens (tertiary/aromatic N) is 2. The highest BCUT2D eigenvalue weighted by molar-refractivity contribution is 4.96. The predicted octanol–water partition coefficient (Wildman–Crippen LogP) is 2.24. The second kappa shape index (κ2) is 5.00. The van der Waals surface area contributed by atoms with Gasteiger partial charge in [0.15, 0.2) is 0 Å². The third-order valence-corrected chi connectivity index (χ3v) is 3.96. The van der Waals surface area contributed by atoms with Crippen molar-refractivity contribution in [3.8, 4) is 0 Å². The van der Waals surface area contributed by atoms with Crippen molar-refractivity contribution in [2.24, 2.45) is 11.8 Å². The third-order valence-electron chi connectivity index (χ3n) is 3.96. The van der Waals surface area contributed by atoms with Gasteiger partial charge in [-0.2, -0.15) is 0 Å². The highest BCUT2D eigenvalue weighted by Gasteiger charge is 2.30. The van der Waals surface area contributed by atoms with Crippen LogP contribution in [0.15, 0.2) is 12.4 Å². The van der Waals surface area contributed by atoms with Gasteiger partial charge in [-0.1, -0.05) is 19.8 Å². The number of hydrogen-bond donors (Lipinski definition) is 1. The molecule has 0 spiro atoms. The van der Waals surface area contributed by atoms with Crippen molar-refractivity contribution < 1.29 is 5.11 Å². The minimum atomic E-state index is -0.217. The minimum absolute atomic E-state index is 0.217. The zero-order valence-corrected chi connectivity index (χ0v) is 10.3. The fourth-order valence-electron chi connectivity index (χ4n) is 2.90. The molecule has 3 unspecified atom stereocenters. The third kappa shape index (κ3) is 2.29. The van der Waals surface area contributed by atoms with Crippen LogP contribution < -0.4 is 0 Å². The maximum absolute atomic E-state index is 10.3. The molecule has 1 aliphatic carbocycles. The molecule has 90 valence electrons. The Morgan fingerprint density at radius 3 is 3.00 bits per heavy atom. The molecule has 2 rings (SSSR count). The van der Waals surface area contributed by atoms with E-state index in [9.17, 15) is 5.11 Å². The summed E-state index contributed by atoms with van der Waals surface area (Å²) in [6.45, 7) is 5.30. The van der Waals surface area contributed by atoms with Gasteiger partial charge in [-0.05, 0) is 25.2 Å². The lowest BCUT2D eigenvalue weighted by Gasteiger charge is -2.22. The summed E-state index contributed by atoms with van der Waals surface area (Å²) in [6.07, 6.45) is 8.01. The molecule has 0 amide bonds. The maximum atomic E-state index is 10.3. The number of aromatic nitrogens is 2. The number of aryl methyl sites for hydroxylation is 1. The second-order valence-corrected chi connectivity index (χ2v) is 4.97. The van der Waals surface area contributed by atoms with E-state index < -0.39 is 0 Å². The van der Waals surface area contributed by atoms with Gasteiger partial charge >= 0.3 is 0 Å². The number of aliphatic hydroxyl groups is 1. The molecule has 3 atom stereocenters. The van der Waals surface area contributed by atoms with Crippen LogP contribution >= 0.6 is 0 Å². The van der Waals surface area contributed by atoms with E-state index in [2.05, 4.69) is 23.4 Å². The molecular weight excluding hydrogens is 200 g/mol. The largest absolute Gasteiger partial charge is 0.392 e. The molecule has 1 N–H and O–H groups in total. The zero-order chi connectivity index (χ0) is 11.5. The van der Waals surface area contributed by atoms with Gasteiger partial charge in [0.25, 0.3) is 0 Å². The first-order valence-corrected chi connectivity index (χ1v) is 6.40. The van der Waals surface area contributed by atoms with Crippen LogP contribution in [0.1, 0.15) is 38.9 Å².